The maximum atomic E-state index is 12.3. The SMILES string of the molecule is CCNc1nc2ccccc2n2c(-c3ccc(C(=O)NC4CC4)cc3)cnc12. The number of amides is 1. The van der Waals surface area contributed by atoms with Gasteiger partial charge in [-0.15, -0.1) is 0 Å². The molecule has 2 heterocycles. The van der Waals surface area contributed by atoms with E-state index >= 15 is 0 Å². The molecule has 6 heteroatoms. The van der Waals surface area contributed by atoms with E-state index in [-0.39, 0.29) is 5.91 Å². The largest absolute Gasteiger partial charge is 0.367 e. The van der Waals surface area contributed by atoms with E-state index in [9.17, 15) is 4.79 Å². The molecule has 1 amide bonds. The fourth-order valence-electron chi connectivity index (χ4n) is 3.46. The summed E-state index contributed by atoms with van der Waals surface area (Å²) in [4.78, 5) is 21.6. The first kappa shape index (κ1) is 16.7. The van der Waals surface area contributed by atoms with Crippen molar-refractivity contribution in [1.29, 1.82) is 0 Å². The number of nitrogens with one attached hydrogen (secondary N) is 2. The van der Waals surface area contributed by atoms with Crippen molar-refractivity contribution in [1.82, 2.24) is 19.7 Å². The molecule has 1 aliphatic rings. The van der Waals surface area contributed by atoms with E-state index in [1.807, 2.05) is 61.7 Å². The number of benzene rings is 2. The predicted octanol–water partition coefficient (Wildman–Crippen LogP) is 3.87. The number of nitrogens with zero attached hydrogens (tertiary/aromatic N) is 3. The van der Waals surface area contributed by atoms with Crippen molar-refractivity contribution < 1.29 is 4.79 Å². The highest BCUT2D eigenvalue weighted by Gasteiger charge is 2.23. The van der Waals surface area contributed by atoms with Crippen molar-refractivity contribution >= 4 is 28.4 Å². The normalized spacial score (nSPS) is 13.8. The Labute approximate surface area is 162 Å². The van der Waals surface area contributed by atoms with Crippen molar-refractivity contribution in [2.24, 2.45) is 0 Å². The lowest BCUT2D eigenvalue weighted by Crippen LogP contribution is -2.25. The summed E-state index contributed by atoms with van der Waals surface area (Å²) in [6, 6.07) is 16.1. The fraction of sp³-hybridized carbons (Fsp3) is 0.227. The van der Waals surface area contributed by atoms with Crippen LogP contribution in [0.5, 0.6) is 0 Å². The lowest BCUT2D eigenvalue weighted by atomic mass is 10.1. The van der Waals surface area contributed by atoms with E-state index in [1.54, 1.807) is 0 Å². The minimum Gasteiger partial charge on any atom is -0.367 e. The number of aromatic nitrogens is 3. The van der Waals surface area contributed by atoms with Crippen LogP contribution in [0.3, 0.4) is 0 Å². The molecule has 0 bridgehead atoms. The topological polar surface area (TPSA) is 71.3 Å². The third-order valence-electron chi connectivity index (χ3n) is 5.03. The zero-order chi connectivity index (χ0) is 19.1. The van der Waals surface area contributed by atoms with Crippen LogP contribution >= 0.6 is 0 Å². The molecule has 2 aromatic heterocycles. The lowest BCUT2D eigenvalue weighted by Gasteiger charge is -2.11. The number of carbonyl (C=O) groups excluding carboxylic acids is 1. The molecule has 1 aliphatic carbocycles. The van der Waals surface area contributed by atoms with Crippen LogP contribution in [0, 0.1) is 0 Å². The van der Waals surface area contributed by atoms with Crippen molar-refractivity contribution in [2.75, 3.05) is 11.9 Å². The van der Waals surface area contributed by atoms with E-state index in [2.05, 4.69) is 20.0 Å². The van der Waals surface area contributed by atoms with Gasteiger partial charge in [-0.1, -0.05) is 24.3 Å². The number of carbonyl (C=O) groups is 1. The number of para-hydroxylation sites is 2. The number of fused-ring (bicyclic) bond motifs is 3. The molecule has 2 N–H and O–H groups in total. The van der Waals surface area contributed by atoms with Crippen LogP contribution in [0.15, 0.2) is 54.7 Å². The Bertz CT molecular complexity index is 1170. The van der Waals surface area contributed by atoms with Gasteiger partial charge in [-0.2, -0.15) is 0 Å². The van der Waals surface area contributed by atoms with Gasteiger partial charge in [0.2, 0.25) is 0 Å². The standard InChI is InChI=1S/C22H21N5O/c1-2-23-20-21-24-13-19(27(21)18-6-4-3-5-17(18)26-20)14-7-9-15(10-8-14)22(28)25-16-11-12-16/h3-10,13,16H,2,11-12H2,1H3,(H,23,26)(H,25,28). The first-order valence-electron chi connectivity index (χ1n) is 9.66. The minimum atomic E-state index is -0.00345. The van der Waals surface area contributed by atoms with E-state index < -0.39 is 0 Å². The van der Waals surface area contributed by atoms with Gasteiger partial charge in [0, 0.05) is 23.7 Å². The number of hydrogen-bond donors (Lipinski definition) is 2. The van der Waals surface area contributed by atoms with Gasteiger partial charge in [0.05, 0.1) is 22.9 Å². The van der Waals surface area contributed by atoms with Crippen LogP contribution in [-0.2, 0) is 0 Å². The maximum Gasteiger partial charge on any atom is 0.251 e. The van der Waals surface area contributed by atoms with Gasteiger partial charge in [0.1, 0.15) is 0 Å². The fourth-order valence-corrected chi connectivity index (χ4v) is 3.46. The van der Waals surface area contributed by atoms with Crippen molar-refractivity contribution in [3.63, 3.8) is 0 Å². The second-order valence-corrected chi connectivity index (χ2v) is 7.11. The van der Waals surface area contributed by atoms with Gasteiger partial charge >= 0.3 is 0 Å². The van der Waals surface area contributed by atoms with Crippen LogP contribution in [0.2, 0.25) is 0 Å². The van der Waals surface area contributed by atoms with Gasteiger partial charge in [0.15, 0.2) is 11.5 Å². The molecule has 1 saturated carbocycles. The average molecular weight is 371 g/mol. The van der Waals surface area contributed by atoms with Gasteiger partial charge in [-0.3, -0.25) is 9.20 Å². The van der Waals surface area contributed by atoms with Crippen LogP contribution in [0.1, 0.15) is 30.1 Å². The summed E-state index contributed by atoms with van der Waals surface area (Å²) in [5.74, 6) is 0.768. The molecule has 140 valence electrons. The monoisotopic (exact) mass is 371 g/mol. The molecular formula is C22H21N5O. The van der Waals surface area contributed by atoms with Crippen LogP contribution in [-0.4, -0.2) is 32.9 Å². The van der Waals surface area contributed by atoms with Crippen LogP contribution < -0.4 is 10.6 Å². The molecule has 0 atom stereocenters. The average Bonchev–Trinajstić information content (AvgIpc) is 3.42. The molecule has 5 rings (SSSR count). The Hall–Kier alpha value is -3.41. The van der Waals surface area contributed by atoms with Crippen molar-refractivity contribution in [3.8, 4) is 11.3 Å². The third-order valence-corrected chi connectivity index (χ3v) is 5.03. The minimum absolute atomic E-state index is 0.00345. The highest BCUT2D eigenvalue weighted by atomic mass is 16.1. The molecule has 0 saturated heterocycles. The predicted molar refractivity (Wildman–Crippen MR) is 111 cm³/mol. The summed E-state index contributed by atoms with van der Waals surface area (Å²) in [7, 11) is 0. The van der Waals surface area contributed by atoms with Gasteiger partial charge in [-0.25, -0.2) is 9.97 Å². The smallest absolute Gasteiger partial charge is 0.251 e. The summed E-state index contributed by atoms with van der Waals surface area (Å²) < 4.78 is 2.12. The van der Waals surface area contributed by atoms with Gasteiger partial charge in [-0.05, 0) is 44.0 Å². The summed E-state index contributed by atoms with van der Waals surface area (Å²) >= 11 is 0. The summed E-state index contributed by atoms with van der Waals surface area (Å²) in [5, 5.41) is 6.33. The molecule has 0 aliphatic heterocycles. The van der Waals surface area contributed by atoms with Gasteiger partial charge < -0.3 is 10.6 Å². The number of imidazole rings is 1. The second-order valence-electron chi connectivity index (χ2n) is 7.11. The summed E-state index contributed by atoms with van der Waals surface area (Å²) in [6.07, 6.45) is 4.03. The summed E-state index contributed by atoms with van der Waals surface area (Å²) in [5.41, 5.74) is 5.37. The molecule has 6 nitrogen and oxygen atoms in total. The van der Waals surface area contributed by atoms with E-state index in [0.717, 1.165) is 53.1 Å². The number of rotatable bonds is 5. The van der Waals surface area contributed by atoms with Gasteiger partial charge in [0.25, 0.3) is 5.91 Å². The Morgan fingerprint density at radius 2 is 1.93 bits per heavy atom. The Kier molecular flexibility index (Phi) is 3.97. The first-order chi connectivity index (χ1) is 13.7. The number of anilines is 1. The number of hydrogen-bond acceptors (Lipinski definition) is 4. The Morgan fingerprint density at radius 3 is 2.68 bits per heavy atom. The molecule has 0 radical (unpaired) electrons. The summed E-state index contributed by atoms with van der Waals surface area (Å²) in [6.45, 7) is 2.82. The Morgan fingerprint density at radius 1 is 1.14 bits per heavy atom. The third kappa shape index (κ3) is 2.87. The molecule has 0 spiro atoms. The van der Waals surface area contributed by atoms with E-state index in [0.29, 0.717) is 11.6 Å². The highest BCUT2D eigenvalue weighted by Crippen LogP contribution is 2.28. The zero-order valence-corrected chi connectivity index (χ0v) is 15.6. The Balaban J connectivity index is 1.61. The molecular weight excluding hydrogens is 350 g/mol. The van der Waals surface area contributed by atoms with Crippen molar-refractivity contribution in [2.45, 2.75) is 25.8 Å². The lowest BCUT2D eigenvalue weighted by molar-refractivity contribution is 0.0951. The quantitative estimate of drug-likeness (QED) is 0.559. The van der Waals surface area contributed by atoms with Crippen LogP contribution in [0.4, 0.5) is 5.82 Å². The molecule has 4 aromatic rings. The molecule has 28 heavy (non-hydrogen) atoms. The highest BCUT2D eigenvalue weighted by molar-refractivity contribution is 5.95. The molecule has 2 aromatic carbocycles. The second kappa shape index (κ2) is 6.64. The van der Waals surface area contributed by atoms with Crippen molar-refractivity contribution in [3.05, 3.63) is 60.3 Å². The molecule has 0 unspecified atom stereocenters. The van der Waals surface area contributed by atoms with Crippen LogP contribution in [0.25, 0.3) is 27.9 Å². The first-order valence-corrected chi connectivity index (χ1v) is 9.66. The molecule has 1 fully saturated rings. The van der Waals surface area contributed by atoms with E-state index in [4.69, 9.17) is 4.98 Å². The zero-order valence-electron chi connectivity index (χ0n) is 15.6. The maximum absolute atomic E-state index is 12.3. The van der Waals surface area contributed by atoms with E-state index in [1.165, 1.54) is 0 Å².